The number of halogens is 1. The first-order valence-electron chi connectivity index (χ1n) is 6.50. The van der Waals surface area contributed by atoms with Crippen LogP contribution < -0.4 is 5.32 Å². The van der Waals surface area contributed by atoms with Gasteiger partial charge in [0, 0.05) is 22.3 Å². The van der Waals surface area contributed by atoms with Crippen LogP contribution in [0.1, 0.15) is 23.5 Å². The lowest BCUT2D eigenvalue weighted by molar-refractivity contribution is -0.133. The Hall–Kier alpha value is -2.18. The number of hydrogen-bond acceptors (Lipinski definition) is 5. The molecule has 7 heteroatoms. The van der Waals surface area contributed by atoms with Gasteiger partial charge in [-0.05, 0) is 24.6 Å². The standard InChI is InChI=1S/C15H12ClN3O2S/c1-8-11(15(20)21)12(9-2-4-10(16)5-3-9)19-13(18-8)14-17-6-7-22-14/h2-7,12H,1H3,(H,18,19)(H,20,21). The number of allylic oxidation sites excluding steroid dienone is 1. The number of carbonyl (C=O) groups is 1. The van der Waals surface area contributed by atoms with E-state index >= 15 is 0 Å². The molecule has 112 valence electrons. The van der Waals surface area contributed by atoms with E-state index < -0.39 is 12.0 Å². The summed E-state index contributed by atoms with van der Waals surface area (Å²) in [4.78, 5) is 20.4. The van der Waals surface area contributed by atoms with E-state index in [0.29, 0.717) is 16.6 Å². The molecule has 1 aliphatic rings. The van der Waals surface area contributed by atoms with Crippen molar-refractivity contribution in [1.29, 1.82) is 0 Å². The molecule has 0 saturated carbocycles. The quantitative estimate of drug-likeness (QED) is 0.904. The van der Waals surface area contributed by atoms with Crippen LogP contribution >= 0.6 is 22.9 Å². The minimum atomic E-state index is -0.994. The summed E-state index contributed by atoms with van der Waals surface area (Å²) >= 11 is 7.35. The highest BCUT2D eigenvalue weighted by Gasteiger charge is 2.29. The Labute approximate surface area is 136 Å². The molecule has 0 radical (unpaired) electrons. The Morgan fingerprint density at radius 3 is 2.68 bits per heavy atom. The van der Waals surface area contributed by atoms with Crippen LogP contribution in [0, 0.1) is 0 Å². The number of amidine groups is 1. The number of rotatable bonds is 3. The second kappa shape index (κ2) is 5.90. The summed E-state index contributed by atoms with van der Waals surface area (Å²) in [5.74, 6) is -0.413. The molecule has 1 aromatic heterocycles. The van der Waals surface area contributed by atoms with Gasteiger partial charge in [-0.25, -0.2) is 9.78 Å². The summed E-state index contributed by atoms with van der Waals surface area (Å²) in [5, 5.41) is 15.7. The van der Waals surface area contributed by atoms with Crippen molar-refractivity contribution in [2.75, 3.05) is 0 Å². The zero-order valence-electron chi connectivity index (χ0n) is 11.6. The summed E-state index contributed by atoms with van der Waals surface area (Å²) in [6.45, 7) is 1.73. The third kappa shape index (κ3) is 2.75. The maximum absolute atomic E-state index is 11.6. The third-order valence-corrected chi connectivity index (χ3v) is 4.32. The fourth-order valence-corrected chi connectivity index (χ4v) is 3.00. The van der Waals surface area contributed by atoms with Crippen molar-refractivity contribution in [2.24, 2.45) is 4.99 Å². The maximum Gasteiger partial charge on any atom is 0.335 e. The average molecular weight is 334 g/mol. The molecule has 22 heavy (non-hydrogen) atoms. The number of aliphatic imine (C=N–C) groups is 1. The van der Waals surface area contributed by atoms with Gasteiger partial charge in [-0.3, -0.25) is 4.99 Å². The summed E-state index contributed by atoms with van der Waals surface area (Å²) in [6.07, 6.45) is 1.69. The highest BCUT2D eigenvalue weighted by atomic mass is 35.5. The van der Waals surface area contributed by atoms with Gasteiger partial charge in [-0.2, -0.15) is 0 Å². The van der Waals surface area contributed by atoms with E-state index in [4.69, 9.17) is 11.6 Å². The molecule has 0 aliphatic carbocycles. The SMILES string of the molecule is CC1=C(C(=O)O)C(c2ccc(Cl)cc2)N=C(c2nccs2)N1. The average Bonchev–Trinajstić information content (AvgIpc) is 3.01. The van der Waals surface area contributed by atoms with E-state index in [0.717, 1.165) is 10.6 Å². The van der Waals surface area contributed by atoms with Gasteiger partial charge in [0.15, 0.2) is 10.8 Å². The van der Waals surface area contributed by atoms with Crippen molar-refractivity contribution < 1.29 is 9.90 Å². The molecule has 0 saturated heterocycles. The summed E-state index contributed by atoms with van der Waals surface area (Å²) in [6, 6.07) is 6.45. The van der Waals surface area contributed by atoms with E-state index in [1.165, 1.54) is 11.3 Å². The Bertz CT molecular complexity index is 767. The van der Waals surface area contributed by atoms with Crippen molar-refractivity contribution in [1.82, 2.24) is 10.3 Å². The lowest BCUT2D eigenvalue weighted by Crippen LogP contribution is -2.32. The lowest BCUT2D eigenvalue weighted by atomic mass is 9.96. The second-order valence-corrected chi connectivity index (χ2v) is 6.07. The largest absolute Gasteiger partial charge is 0.478 e. The molecule has 0 spiro atoms. The number of carboxylic acids is 1. The monoisotopic (exact) mass is 333 g/mol. The van der Waals surface area contributed by atoms with Gasteiger partial charge < -0.3 is 10.4 Å². The number of aromatic nitrogens is 1. The van der Waals surface area contributed by atoms with E-state index in [1.807, 2.05) is 5.38 Å². The fourth-order valence-electron chi connectivity index (χ4n) is 2.29. The number of benzene rings is 1. The molecule has 2 N–H and O–H groups in total. The molecule has 1 unspecified atom stereocenters. The van der Waals surface area contributed by atoms with E-state index in [9.17, 15) is 9.90 Å². The molecule has 1 aromatic carbocycles. The van der Waals surface area contributed by atoms with Crippen LogP contribution in [-0.2, 0) is 4.79 Å². The number of nitrogens with zero attached hydrogens (tertiary/aromatic N) is 2. The van der Waals surface area contributed by atoms with Gasteiger partial charge in [0.25, 0.3) is 0 Å². The topological polar surface area (TPSA) is 74.6 Å². The van der Waals surface area contributed by atoms with Crippen molar-refractivity contribution in [3.8, 4) is 0 Å². The fraction of sp³-hybridized carbons (Fsp3) is 0.133. The number of nitrogens with one attached hydrogen (secondary N) is 1. The van der Waals surface area contributed by atoms with Crippen LogP contribution in [0.25, 0.3) is 0 Å². The molecular weight excluding hydrogens is 322 g/mol. The van der Waals surface area contributed by atoms with Crippen molar-refractivity contribution in [3.05, 3.63) is 62.7 Å². The molecule has 1 aliphatic heterocycles. The van der Waals surface area contributed by atoms with Gasteiger partial charge >= 0.3 is 5.97 Å². The Morgan fingerprint density at radius 2 is 2.09 bits per heavy atom. The maximum atomic E-state index is 11.6. The molecular formula is C15H12ClN3O2S. The summed E-state index contributed by atoms with van der Waals surface area (Å²) < 4.78 is 0. The highest BCUT2D eigenvalue weighted by molar-refractivity contribution is 7.11. The highest BCUT2D eigenvalue weighted by Crippen LogP contribution is 2.32. The smallest absolute Gasteiger partial charge is 0.335 e. The first-order valence-corrected chi connectivity index (χ1v) is 7.76. The minimum Gasteiger partial charge on any atom is -0.478 e. The van der Waals surface area contributed by atoms with Gasteiger partial charge in [-0.1, -0.05) is 23.7 Å². The van der Waals surface area contributed by atoms with Crippen molar-refractivity contribution in [2.45, 2.75) is 13.0 Å². The van der Waals surface area contributed by atoms with Crippen LogP contribution in [0.15, 0.2) is 52.1 Å². The van der Waals surface area contributed by atoms with Gasteiger partial charge in [0.05, 0.1) is 5.57 Å². The Morgan fingerprint density at radius 1 is 1.36 bits per heavy atom. The first kappa shape index (κ1) is 14.7. The number of carboxylic acid groups (broad SMARTS) is 1. The zero-order valence-corrected chi connectivity index (χ0v) is 13.1. The molecule has 1 atom stereocenters. The van der Waals surface area contributed by atoms with Crippen LogP contribution in [0.5, 0.6) is 0 Å². The van der Waals surface area contributed by atoms with Crippen molar-refractivity contribution >= 4 is 34.7 Å². The third-order valence-electron chi connectivity index (χ3n) is 3.29. The Kier molecular flexibility index (Phi) is 3.96. The van der Waals surface area contributed by atoms with Gasteiger partial charge in [-0.15, -0.1) is 11.3 Å². The number of thiazole rings is 1. The van der Waals surface area contributed by atoms with Gasteiger partial charge in [0.2, 0.25) is 0 Å². The second-order valence-electron chi connectivity index (χ2n) is 4.74. The first-order chi connectivity index (χ1) is 10.6. The summed E-state index contributed by atoms with van der Waals surface area (Å²) in [5.41, 5.74) is 1.56. The predicted octanol–water partition coefficient (Wildman–Crippen LogP) is 3.25. The molecule has 0 bridgehead atoms. The van der Waals surface area contributed by atoms with Gasteiger partial charge in [0.1, 0.15) is 6.04 Å². The molecule has 3 rings (SSSR count). The molecule has 0 fully saturated rings. The van der Waals surface area contributed by atoms with E-state index in [1.54, 1.807) is 37.4 Å². The predicted molar refractivity (Wildman–Crippen MR) is 86.3 cm³/mol. The normalized spacial score (nSPS) is 17.9. The van der Waals surface area contributed by atoms with Crippen LogP contribution in [-0.4, -0.2) is 21.9 Å². The number of hydrogen-bond donors (Lipinski definition) is 2. The van der Waals surface area contributed by atoms with E-state index in [2.05, 4.69) is 15.3 Å². The summed E-state index contributed by atoms with van der Waals surface area (Å²) in [7, 11) is 0. The Balaban J connectivity index is 2.09. The molecule has 2 aromatic rings. The zero-order chi connectivity index (χ0) is 15.7. The molecule has 5 nitrogen and oxygen atoms in total. The molecule has 0 amide bonds. The molecule has 2 heterocycles. The lowest BCUT2D eigenvalue weighted by Gasteiger charge is -2.24. The van der Waals surface area contributed by atoms with Crippen LogP contribution in [0.3, 0.4) is 0 Å². The number of aliphatic carboxylic acids is 1. The van der Waals surface area contributed by atoms with Crippen LogP contribution in [0.4, 0.5) is 0 Å². The van der Waals surface area contributed by atoms with Crippen molar-refractivity contribution in [3.63, 3.8) is 0 Å². The van der Waals surface area contributed by atoms with E-state index in [-0.39, 0.29) is 5.57 Å². The minimum absolute atomic E-state index is 0.225. The van der Waals surface area contributed by atoms with Crippen LogP contribution in [0.2, 0.25) is 5.02 Å².